The van der Waals surface area contributed by atoms with Crippen LogP contribution in [0.25, 0.3) is 11.4 Å². The molecule has 1 heterocycles. The number of carbonyl (C=O) groups excluding carboxylic acids is 1. The number of benzene rings is 2. The van der Waals surface area contributed by atoms with Crippen LogP contribution in [0.2, 0.25) is 0 Å². The highest BCUT2D eigenvalue weighted by molar-refractivity contribution is 5.97. The van der Waals surface area contributed by atoms with Crippen LogP contribution in [-0.2, 0) is 6.54 Å². The van der Waals surface area contributed by atoms with E-state index in [1.54, 1.807) is 39.5 Å². The van der Waals surface area contributed by atoms with E-state index in [2.05, 4.69) is 10.1 Å². The zero-order chi connectivity index (χ0) is 20.1. The Morgan fingerprint density at radius 1 is 1.00 bits per heavy atom. The number of nitrogens with zero attached hydrogens (tertiary/aromatic N) is 3. The van der Waals surface area contributed by atoms with Crippen molar-refractivity contribution in [2.45, 2.75) is 6.54 Å². The van der Waals surface area contributed by atoms with E-state index in [9.17, 15) is 4.79 Å². The first-order valence-corrected chi connectivity index (χ1v) is 8.50. The number of ether oxygens (including phenoxy) is 3. The van der Waals surface area contributed by atoms with Crippen molar-refractivity contribution < 1.29 is 23.5 Å². The lowest BCUT2D eigenvalue weighted by molar-refractivity contribution is 0.0766. The molecule has 0 aliphatic carbocycles. The molecule has 8 heteroatoms. The molecule has 0 saturated heterocycles. The van der Waals surface area contributed by atoms with Crippen molar-refractivity contribution in [2.75, 3.05) is 28.4 Å². The van der Waals surface area contributed by atoms with Gasteiger partial charge in [-0.3, -0.25) is 4.79 Å². The summed E-state index contributed by atoms with van der Waals surface area (Å²) < 4.78 is 20.9. The Morgan fingerprint density at radius 2 is 1.68 bits per heavy atom. The summed E-state index contributed by atoms with van der Waals surface area (Å²) in [5.74, 6) is 2.32. The van der Waals surface area contributed by atoms with Gasteiger partial charge in [-0.05, 0) is 36.4 Å². The highest BCUT2D eigenvalue weighted by Gasteiger charge is 2.20. The molecule has 0 saturated carbocycles. The summed E-state index contributed by atoms with van der Waals surface area (Å²) in [5, 5.41) is 3.98. The van der Waals surface area contributed by atoms with Crippen molar-refractivity contribution in [3.05, 3.63) is 53.9 Å². The minimum absolute atomic E-state index is 0.164. The third kappa shape index (κ3) is 4.06. The summed E-state index contributed by atoms with van der Waals surface area (Å²) in [6.45, 7) is 0.164. The van der Waals surface area contributed by atoms with Gasteiger partial charge in [-0.1, -0.05) is 5.16 Å². The Bertz CT molecular complexity index is 953. The van der Waals surface area contributed by atoms with Gasteiger partial charge in [0.25, 0.3) is 5.91 Å². The fraction of sp³-hybridized carbons (Fsp3) is 0.250. The van der Waals surface area contributed by atoms with Crippen LogP contribution < -0.4 is 14.2 Å². The quantitative estimate of drug-likeness (QED) is 0.620. The smallest absolute Gasteiger partial charge is 0.257 e. The van der Waals surface area contributed by atoms with Gasteiger partial charge in [0.1, 0.15) is 23.8 Å². The van der Waals surface area contributed by atoms with Crippen LogP contribution in [0, 0.1) is 0 Å². The number of hydrogen-bond acceptors (Lipinski definition) is 7. The minimum Gasteiger partial charge on any atom is -0.497 e. The van der Waals surface area contributed by atoms with E-state index >= 15 is 0 Å². The highest BCUT2D eigenvalue weighted by atomic mass is 16.5. The minimum atomic E-state index is -0.233. The largest absolute Gasteiger partial charge is 0.497 e. The van der Waals surface area contributed by atoms with Crippen molar-refractivity contribution in [3.8, 4) is 28.6 Å². The van der Waals surface area contributed by atoms with Crippen LogP contribution in [-0.4, -0.2) is 49.3 Å². The lowest BCUT2D eigenvalue weighted by Crippen LogP contribution is -2.26. The summed E-state index contributed by atoms with van der Waals surface area (Å²) in [7, 11) is 6.32. The van der Waals surface area contributed by atoms with Crippen LogP contribution >= 0.6 is 0 Å². The molecule has 2 aromatic carbocycles. The summed E-state index contributed by atoms with van der Waals surface area (Å²) >= 11 is 0. The summed E-state index contributed by atoms with van der Waals surface area (Å²) in [5.41, 5.74) is 1.21. The van der Waals surface area contributed by atoms with E-state index in [1.807, 2.05) is 24.3 Å². The third-order valence-corrected chi connectivity index (χ3v) is 4.17. The summed E-state index contributed by atoms with van der Waals surface area (Å²) in [6, 6.07) is 12.3. The van der Waals surface area contributed by atoms with Crippen LogP contribution in [0.15, 0.2) is 47.0 Å². The Balaban J connectivity index is 1.73. The third-order valence-electron chi connectivity index (χ3n) is 4.17. The molecule has 0 unspecified atom stereocenters. The standard InChI is InChI=1S/C20H21N3O5/c1-23(20(24)16-10-9-15(26-3)11-17(16)27-4)12-18-21-19(22-28-18)13-5-7-14(25-2)8-6-13/h5-11H,12H2,1-4H3. The van der Waals surface area contributed by atoms with E-state index in [-0.39, 0.29) is 12.5 Å². The molecule has 146 valence electrons. The van der Waals surface area contributed by atoms with E-state index in [0.717, 1.165) is 11.3 Å². The molecule has 0 aliphatic rings. The Labute approximate surface area is 162 Å². The molecule has 0 N–H and O–H groups in total. The predicted molar refractivity (Wildman–Crippen MR) is 102 cm³/mol. The van der Waals surface area contributed by atoms with E-state index in [0.29, 0.717) is 28.8 Å². The molecular formula is C20H21N3O5. The Hall–Kier alpha value is -3.55. The maximum atomic E-state index is 12.8. The van der Waals surface area contributed by atoms with Gasteiger partial charge in [0.15, 0.2) is 0 Å². The molecule has 0 radical (unpaired) electrons. The Kier molecular flexibility index (Phi) is 5.78. The van der Waals surface area contributed by atoms with Crippen LogP contribution in [0.4, 0.5) is 0 Å². The number of aromatic nitrogens is 2. The van der Waals surface area contributed by atoms with Crippen LogP contribution in [0.3, 0.4) is 0 Å². The lowest BCUT2D eigenvalue weighted by Gasteiger charge is -2.17. The normalized spacial score (nSPS) is 10.4. The number of carbonyl (C=O) groups is 1. The molecule has 28 heavy (non-hydrogen) atoms. The average Bonchev–Trinajstić information content (AvgIpc) is 3.21. The topological polar surface area (TPSA) is 86.9 Å². The van der Waals surface area contributed by atoms with Crippen molar-refractivity contribution in [3.63, 3.8) is 0 Å². The van der Waals surface area contributed by atoms with Gasteiger partial charge in [0.05, 0.1) is 26.9 Å². The van der Waals surface area contributed by atoms with Crippen LogP contribution in [0.5, 0.6) is 17.2 Å². The second kappa shape index (κ2) is 8.43. The van der Waals surface area contributed by atoms with E-state index in [4.69, 9.17) is 18.7 Å². The maximum absolute atomic E-state index is 12.8. The van der Waals surface area contributed by atoms with E-state index in [1.165, 1.54) is 12.0 Å². The fourth-order valence-corrected chi connectivity index (χ4v) is 2.63. The molecule has 1 amide bonds. The second-order valence-corrected chi connectivity index (χ2v) is 5.97. The molecule has 0 bridgehead atoms. The van der Waals surface area contributed by atoms with Gasteiger partial charge in [-0.15, -0.1) is 0 Å². The zero-order valence-electron chi connectivity index (χ0n) is 16.1. The van der Waals surface area contributed by atoms with Crippen LogP contribution in [0.1, 0.15) is 16.2 Å². The van der Waals surface area contributed by atoms with Crippen molar-refractivity contribution in [1.82, 2.24) is 15.0 Å². The maximum Gasteiger partial charge on any atom is 0.257 e. The van der Waals surface area contributed by atoms with Gasteiger partial charge < -0.3 is 23.6 Å². The molecule has 8 nitrogen and oxygen atoms in total. The summed E-state index contributed by atoms with van der Waals surface area (Å²) in [6.07, 6.45) is 0. The summed E-state index contributed by atoms with van der Waals surface area (Å²) in [4.78, 5) is 18.6. The highest BCUT2D eigenvalue weighted by Crippen LogP contribution is 2.26. The van der Waals surface area contributed by atoms with Crippen molar-refractivity contribution in [2.24, 2.45) is 0 Å². The first kappa shape index (κ1) is 19.2. The number of amides is 1. The second-order valence-electron chi connectivity index (χ2n) is 5.97. The first-order valence-electron chi connectivity index (χ1n) is 8.50. The van der Waals surface area contributed by atoms with Gasteiger partial charge in [-0.25, -0.2) is 0 Å². The molecule has 0 fully saturated rings. The number of rotatable bonds is 7. The molecule has 0 atom stereocenters. The SMILES string of the molecule is COc1ccc(-c2noc(CN(C)C(=O)c3ccc(OC)cc3OC)n2)cc1. The van der Waals surface area contributed by atoms with Crippen molar-refractivity contribution >= 4 is 5.91 Å². The fourth-order valence-electron chi connectivity index (χ4n) is 2.63. The predicted octanol–water partition coefficient (Wildman–Crippen LogP) is 3.03. The van der Waals surface area contributed by atoms with Gasteiger partial charge >= 0.3 is 0 Å². The molecule has 3 rings (SSSR count). The van der Waals surface area contributed by atoms with Crippen molar-refractivity contribution in [1.29, 1.82) is 0 Å². The zero-order valence-corrected chi connectivity index (χ0v) is 16.1. The first-order chi connectivity index (χ1) is 13.5. The molecular weight excluding hydrogens is 362 g/mol. The average molecular weight is 383 g/mol. The monoisotopic (exact) mass is 383 g/mol. The molecule has 0 aliphatic heterocycles. The molecule has 0 spiro atoms. The lowest BCUT2D eigenvalue weighted by atomic mass is 10.1. The number of methoxy groups -OCH3 is 3. The van der Waals surface area contributed by atoms with Gasteiger partial charge in [0, 0.05) is 18.7 Å². The van der Waals surface area contributed by atoms with E-state index < -0.39 is 0 Å². The van der Waals surface area contributed by atoms with Gasteiger partial charge in [0.2, 0.25) is 11.7 Å². The number of hydrogen-bond donors (Lipinski definition) is 0. The Morgan fingerprint density at radius 3 is 2.32 bits per heavy atom. The molecule has 1 aromatic heterocycles. The van der Waals surface area contributed by atoms with Gasteiger partial charge in [-0.2, -0.15) is 4.98 Å². The molecule has 3 aromatic rings.